The van der Waals surface area contributed by atoms with E-state index in [1.165, 1.54) is 0 Å². The van der Waals surface area contributed by atoms with Gasteiger partial charge in [0.2, 0.25) is 0 Å². The molecule has 5 heterocycles. The Hall–Kier alpha value is -2.37. The zero-order valence-corrected chi connectivity index (χ0v) is 18.5. The van der Waals surface area contributed by atoms with Gasteiger partial charge in [0.1, 0.15) is 36.3 Å². The fraction of sp³-hybridized carbons (Fsp3) is 0.524. The monoisotopic (exact) mass is 457 g/mol. The molecule has 5 atom stereocenters. The van der Waals surface area contributed by atoms with Crippen molar-refractivity contribution in [1.82, 2.24) is 35.0 Å². The number of pyridine rings is 1. The minimum atomic E-state index is -0.964. The van der Waals surface area contributed by atoms with Crippen molar-refractivity contribution in [2.45, 2.75) is 63.1 Å². The molecule has 168 valence electrons. The molecule has 1 saturated carbocycles. The maximum atomic E-state index is 11.5. The van der Waals surface area contributed by atoms with Gasteiger partial charge < -0.3 is 9.84 Å². The number of nitrogens with zero attached hydrogens (tertiary/aromatic N) is 6. The summed E-state index contributed by atoms with van der Waals surface area (Å²) < 4.78 is 9.81. The first-order chi connectivity index (χ1) is 15.5. The standard InChI is InChI=1S/C21H24ClN7O3/c1-10-6-24-28(9-10)17-18(30)20(31-15-8-25-32-19(15)17)21-26-11(2)27-29(21)14-5-13(22)7-23-16(14)12-3-4-12/h5-7,9,12,15,17-20,25,30H,3-4,8H2,1-2H3. The molecule has 3 fully saturated rings. The van der Waals surface area contributed by atoms with Crippen LogP contribution in [0.2, 0.25) is 5.02 Å². The fourth-order valence-electron chi connectivity index (χ4n) is 4.67. The zero-order chi connectivity index (χ0) is 22.0. The Morgan fingerprint density at radius 2 is 2.09 bits per heavy atom. The number of aliphatic hydroxyl groups excluding tert-OH is 1. The molecule has 0 aromatic carbocycles. The highest BCUT2D eigenvalue weighted by molar-refractivity contribution is 6.30. The van der Waals surface area contributed by atoms with Crippen molar-refractivity contribution in [3.05, 3.63) is 52.6 Å². The molecule has 10 nitrogen and oxygen atoms in total. The Morgan fingerprint density at radius 1 is 1.25 bits per heavy atom. The van der Waals surface area contributed by atoms with Crippen LogP contribution < -0.4 is 5.48 Å². The lowest BCUT2D eigenvalue weighted by Crippen LogP contribution is -2.51. The summed E-state index contributed by atoms with van der Waals surface area (Å²) in [6.45, 7) is 4.29. The van der Waals surface area contributed by atoms with Crippen molar-refractivity contribution in [3.63, 3.8) is 0 Å². The maximum Gasteiger partial charge on any atom is 0.164 e. The molecule has 0 amide bonds. The largest absolute Gasteiger partial charge is 0.388 e. The predicted octanol–water partition coefficient (Wildman–Crippen LogP) is 1.95. The fourth-order valence-corrected chi connectivity index (χ4v) is 4.82. The third-order valence-electron chi connectivity index (χ3n) is 6.27. The molecular weight excluding hydrogens is 434 g/mol. The number of aryl methyl sites for hydroxylation is 2. The van der Waals surface area contributed by atoms with Crippen LogP contribution in [0.25, 0.3) is 5.69 Å². The van der Waals surface area contributed by atoms with Crippen LogP contribution in [-0.2, 0) is 9.57 Å². The number of halogens is 1. The second-order valence-electron chi connectivity index (χ2n) is 8.77. The van der Waals surface area contributed by atoms with Crippen LogP contribution in [0, 0.1) is 13.8 Å². The lowest BCUT2D eigenvalue weighted by atomic mass is 9.92. The Bertz CT molecular complexity index is 1160. The lowest BCUT2D eigenvalue weighted by molar-refractivity contribution is -0.188. The van der Waals surface area contributed by atoms with Crippen molar-refractivity contribution in [3.8, 4) is 5.69 Å². The summed E-state index contributed by atoms with van der Waals surface area (Å²) in [6, 6.07) is 1.40. The van der Waals surface area contributed by atoms with Crippen LogP contribution >= 0.6 is 11.6 Å². The second kappa shape index (κ2) is 7.60. The van der Waals surface area contributed by atoms with Gasteiger partial charge in [0.05, 0.1) is 29.1 Å². The first kappa shape index (κ1) is 20.3. The van der Waals surface area contributed by atoms with Crippen LogP contribution in [-0.4, -0.2) is 59.5 Å². The molecule has 3 aliphatic rings. The van der Waals surface area contributed by atoms with Gasteiger partial charge in [0.25, 0.3) is 0 Å². The van der Waals surface area contributed by atoms with Crippen molar-refractivity contribution >= 4 is 11.6 Å². The number of hydrogen-bond acceptors (Lipinski definition) is 8. The van der Waals surface area contributed by atoms with Gasteiger partial charge in [-0.05, 0) is 38.3 Å². The van der Waals surface area contributed by atoms with Crippen molar-refractivity contribution in [1.29, 1.82) is 0 Å². The molecule has 11 heteroatoms. The molecule has 6 rings (SSSR count). The topological polar surface area (TPSA) is 112 Å². The van der Waals surface area contributed by atoms with E-state index in [0.717, 1.165) is 29.8 Å². The van der Waals surface area contributed by atoms with Gasteiger partial charge in [0.15, 0.2) is 5.82 Å². The van der Waals surface area contributed by atoms with Crippen LogP contribution in [0.3, 0.4) is 0 Å². The molecule has 32 heavy (non-hydrogen) atoms. The number of nitrogens with one attached hydrogen (secondary N) is 1. The van der Waals surface area contributed by atoms with Gasteiger partial charge in [-0.1, -0.05) is 11.6 Å². The van der Waals surface area contributed by atoms with Crippen molar-refractivity contribution in [2.24, 2.45) is 0 Å². The number of fused-ring (bicyclic) bond motifs is 1. The Kier molecular flexibility index (Phi) is 4.81. The molecule has 0 spiro atoms. The summed E-state index contributed by atoms with van der Waals surface area (Å²) in [5, 5.41) is 21.1. The maximum absolute atomic E-state index is 11.5. The molecule has 3 aromatic rings. The minimum absolute atomic E-state index is 0.274. The Labute approximate surface area is 189 Å². The number of ether oxygens (including phenoxy) is 1. The number of hydrogen-bond donors (Lipinski definition) is 2. The van der Waals surface area contributed by atoms with Gasteiger partial charge in [-0.15, -0.1) is 0 Å². The molecule has 2 aliphatic heterocycles. The summed E-state index contributed by atoms with van der Waals surface area (Å²) in [5.41, 5.74) is 5.63. The number of hydroxylamine groups is 1. The molecule has 3 aromatic heterocycles. The van der Waals surface area contributed by atoms with E-state index in [9.17, 15) is 5.11 Å². The number of aliphatic hydroxyl groups is 1. The average molecular weight is 458 g/mol. The molecule has 0 bridgehead atoms. The molecule has 0 radical (unpaired) electrons. The molecule has 5 unspecified atom stereocenters. The van der Waals surface area contributed by atoms with E-state index in [2.05, 4.69) is 25.6 Å². The van der Waals surface area contributed by atoms with Crippen LogP contribution in [0.5, 0.6) is 0 Å². The summed E-state index contributed by atoms with van der Waals surface area (Å²) in [4.78, 5) is 15.0. The molecule has 2 saturated heterocycles. The van der Waals surface area contributed by atoms with E-state index < -0.39 is 18.2 Å². The highest BCUT2D eigenvalue weighted by atomic mass is 35.5. The highest BCUT2D eigenvalue weighted by Crippen LogP contribution is 2.44. The quantitative estimate of drug-likeness (QED) is 0.611. The lowest BCUT2D eigenvalue weighted by Gasteiger charge is -2.40. The summed E-state index contributed by atoms with van der Waals surface area (Å²) in [7, 11) is 0. The van der Waals surface area contributed by atoms with Gasteiger partial charge in [-0.25, -0.2) is 9.67 Å². The van der Waals surface area contributed by atoms with Crippen LogP contribution in [0.4, 0.5) is 0 Å². The molecular formula is C21H24ClN7O3. The first-order valence-electron chi connectivity index (χ1n) is 10.8. The van der Waals surface area contributed by atoms with Crippen LogP contribution in [0.1, 0.15) is 53.8 Å². The molecule has 1 aliphatic carbocycles. The van der Waals surface area contributed by atoms with E-state index in [4.69, 9.17) is 21.2 Å². The number of aromatic nitrogens is 6. The van der Waals surface area contributed by atoms with E-state index >= 15 is 0 Å². The van der Waals surface area contributed by atoms with E-state index in [-0.39, 0.29) is 12.2 Å². The van der Waals surface area contributed by atoms with E-state index in [1.54, 1.807) is 21.8 Å². The summed E-state index contributed by atoms with van der Waals surface area (Å²) in [6.07, 6.45) is 5.14. The zero-order valence-electron chi connectivity index (χ0n) is 17.7. The van der Waals surface area contributed by atoms with Crippen molar-refractivity contribution in [2.75, 3.05) is 6.54 Å². The van der Waals surface area contributed by atoms with E-state index in [1.807, 2.05) is 26.1 Å². The average Bonchev–Trinajstić information content (AvgIpc) is 3.14. The Morgan fingerprint density at radius 3 is 2.84 bits per heavy atom. The smallest absolute Gasteiger partial charge is 0.164 e. The Balaban J connectivity index is 1.45. The van der Waals surface area contributed by atoms with Gasteiger partial charge in [-0.3, -0.25) is 14.5 Å². The predicted molar refractivity (Wildman–Crippen MR) is 113 cm³/mol. The highest BCUT2D eigenvalue weighted by Gasteiger charge is 2.52. The number of rotatable bonds is 4. The van der Waals surface area contributed by atoms with Gasteiger partial charge in [-0.2, -0.15) is 15.7 Å². The third-order valence-corrected chi connectivity index (χ3v) is 6.48. The second-order valence-corrected chi connectivity index (χ2v) is 9.20. The van der Waals surface area contributed by atoms with E-state index in [0.29, 0.717) is 29.1 Å². The third kappa shape index (κ3) is 3.34. The molecule has 2 N–H and O–H groups in total. The van der Waals surface area contributed by atoms with Crippen molar-refractivity contribution < 1.29 is 14.7 Å². The summed E-state index contributed by atoms with van der Waals surface area (Å²) in [5.74, 6) is 1.47. The van der Waals surface area contributed by atoms with Crippen LogP contribution in [0.15, 0.2) is 24.7 Å². The minimum Gasteiger partial charge on any atom is -0.388 e. The summed E-state index contributed by atoms with van der Waals surface area (Å²) >= 11 is 6.30. The van der Waals surface area contributed by atoms with Gasteiger partial charge in [0, 0.05) is 18.3 Å². The first-order valence-corrected chi connectivity index (χ1v) is 11.2. The van der Waals surface area contributed by atoms with Gasteiger partial charge >= 0.3 is 0 Å². The normalized spacial score (nSPS) is 29.9. The SMILES string of the molecule is Cc1cnn(C2C(O)C(c3nc(C)nn3-c3cc(Cl)cnc3C3CC3)OC3CNOC32)c1.